The van der Waals surface area contributed by atoms with E-state index < -0.39 is 6.10 Å². The first-order valence-corrected chi connectivity index (χ1v) is 7.53. The monoisotopic (exact) mass is 270 g/mol. The number of aliphatic hydroxyl groups is 1. The maximum atomic E-state index is 10.3. The molecule has 0 fully saturated rings. The van der Waals surface area contributed by atoms with E-state index in [4.69, 9.17) is 0 Å². The molecule has 0 spiro atoms. The Morgan fingerprint density at radius 1 is 1.15 bits per heavy atom. The molecule has 0 saturated carbocycles. The number of hydrogen-bond donors (Lipinski definition) is 1. The minimum atomic E-state index is -0.520. The summed E-state index contributed by atoms with van der Waals surface area (Å²) in [6, 6.07) is 8.08. The average Bonchev–Trinajstić information content (AvgIpc) is 2.38. The summed E-state index contributed by atoms with van der Waals surface area (Å²) in [6.07, 6.45) is 7.23. The van der Waals surface area contributed by atoms with Crippen LogP contribution in [0.1, 0.15) is 57.3 Å². The van der Waals surface area contributed by atoms with E-state index in [1.54, 1.807) is 0 Å². The molecule has 108 valence electrons. The summed E-state index contributed by atoms with van der Waals surface area (Å²) in [5.41, 5.74) is 5.27. The van der Waals surface area contributed by atoms with Gasteiger partial charge in [-0.05, 0) is 49.7 Å². The van der Waals surface area contributed by atoms with E-state index in [0.29, 0.717) is 0 Å². The van der Waals surface area contributed by atoms with Gasteiger partial charge in [0.15, 0.2) is 0 Å². The van der Waals surface area contributed by atoms with Gasteiger partial charge in [0.1, 0.15) is 0 Å². The maximum absolute atomic E-state index is 10.3. The van der Waals surface area contributed by atoms with Crippen molar-refractivity contribution in [3.8, 4) is 0 Å². The molecule has 20 heavy (non-hydrogen) atoms. The zero-order chi connectivity index (χ0) is 14.8. The molecule has 0 bridgehead atoms. The van der Waals surface area contributed by atoms with Gasteiger partial charge >= 0.3 is 0 Å². The topological polar surface area (TPSA) is 20.2 Å². The SMILES string of the molecule is CC1=C(/C=C/C(O)c2ccc(C)cc2)C(C)(C)CCC1. The Morgan fingerprint density at radius 2 is 1.80 bits per heavy atom. The van der Waals surface area contributed by atoms with E-state index in [-0.39, 0.29) is 5.41 Å². The van der Waals surface area contributed by atoms with Gasteiger partial charge in [-0.2, -0.15) is 0 Å². The second-order valence-corrected chi connectivity index (χ2v) is 6.65. The maximum Gasteiger partial charge on any atom is 0.0974 e. The van der Waals surface area contributed by atoms with Crippen molar-refractivity contribution in [3.63, 3.8) is 0 Å². The van der Waals surface area contributed by atoms with Crippen LogP contribution in [-0.4, -0.2) is 5.11 Å². The number of aliphatic hydroxyl groups excluding tert-OH is 1. The number of hydrogen-bond acceptors (Lipinski definition) is 1. The fourth-order valence-corrected chi connectivity index (χ4v) is 3.07. The van der Waals surface area contributed by atoms with Crippen LogP contribution in [0.25, 0.3) is 0 Å². The van der Waals surface area contributed by atoms with Crippen molar-refractivity contribution in [2.75, 3.05) is 0 Å². The van der Waals surface area contributed by atoms with Gasteiger partial charge < -0.3 is 5.11 Å². The van der Waals surface area contributed by atoms with E-state index in [1.165, 1.54) is 36.0 Å². The van der Waals surface area contributed by atoms with Gasteiger partial charge in [-0.25, -0.2) is 0 Å². The highest BCUT2D eigenvalue weighted by Gasteiger charge is 2.26. The number of rotatable bonds is 3. The number of allylic oxidation sites excluding steroid dienone is 3. The summed E-state index contributed by atoms with van der Waals surface area (Å²) in [5, 5.41) is 10.3. The zero-order valence-electron chi connectivity index (χ0n) is 13.1. The van der Waals surface area contributed by atoms with Gasteiger partial charge in [-0.1, -0.05) is 61.4 Å². The lowest BCUT2D eigenvalue weighted by atomic mass is 9.72. The number of benzene rings is 1. The molecule has 1 aromatic rings. The van der Waals surface area contributed by atoms with Crippen LogP contribution in [0, 0.1) is 12.3 Å². The highest BCUT2D eigenvalue weighted by molar-refractivity contribution is 5.34. The third-order valence-corrected chi connectivity index (χ3v) is 4.41. The van der Waals surface area contributed by atoms with Crippen molar-refractivity contribution in [2.24, 2.45) is 5.41 Å². The third-order valence-electron chi connectivity index (χ3n) is 4.41. The van der Waals surface area contributed by atoms with E-state index in [9.17, 15) is 5.11 Å². The lowest BCUT2D eigenvalue weighted by molar-refractivity contribution is 0.228. The molecule has 1 unspecified atom stereocenters. The average molecular weight is 270 g/mol. The Kier molecular flexibility index (Phi) is 4.49. The van der Waals surface area contributed by atoms with Gasteiger partial charge in [-0.15, -0.1) is 0 Å². The van der Waals surface area contributed by atoms with Gasteiger partial charge in [0.2, 0.25) is 0 Å². The molecule has 0 radical (unpaired) electrons. The van der Waals surface area contributed by atoms with E-state index in [2.05, 4.69) is 33.8 Å². The van der Waals surface area contributed by atoms with E-state index in [1.807, 2.05) is 30.3 Å². The van der Waals surface area contributed by atoms with Crippen molar-refractivity contribution in [2.45, 2.75) is 53.1 Å². The highest BCUT2D eigenvalue weighted by atomic mass is 16.3. The molecule has 0 heterocycles. The molecule has 0 aromatic heterocycles. The molecule has 0 aliphatic heterocycles. The second-order valence-electron chi connectivity index (χ2n) is 6.65. The molecule has 1 atom stereocenters. The molecule has 0 amide bonds. The summed E-state index contributed by atoms with van der Waals surface area (Å²) in [6.45, 7) is 8.88. The van der Waals surface area contributed by atoms with Crippen LogP contribution in [-0.2, 0) is 0 Å². The predicted molar refractivity (Wildman–Crippen MR) is 85.6 cm³/mol. The molecule has 1 nitrogen and oxygen atoms in total. The van der Waals surface area contributed by atoms with Crippen LogP contribution in [0.3, 0.4) is 0 Å². The standard InChI is InChI=1S/C19H26O/c1-14-7-9-16(10-8-14)18(20)12-11-17-15(2)6-5-13-19(17,3)4/h7-12,18,20H,5-6,13H2,1-4H3/b12-11+. The molecular weight excluding hydrogens is 244 g/mol. The Morgan fingerprint density at radius 3 is 2.40 bits per heavy atom. The van der Waals surface area contributed by atoms with Gasteiger partial charge in [0.25, 0.3) is 0 Å². The fourth-order valence-electron chi connectivity index (χ4n) is 3.07. The molecule has 1 aliphatic rings. The Hall–Kier alpha value is -1.34. The summed E-state index contributed by atoms with van der Waals surface area (Å²) >= 11 is 0. The quantitative estimate of drug-likeness (QED) is 0.809. The lowest BCUT2D eigenvalue weighted by Gasteiger charge is -2.33. The van der Waals surface area contributed by atoms with Crippen LogP contribution in [0.15, 0.2) is 47.6 Å². The number of aryl methyl sites for hydroxylation is 1. The normalized spacial score (nSPS) is 20.4. The fraction of sp³-hybridized carbons (Fsp3) is 0.474. The highest BCUT2D eigenvalue weighted by Crippen LogP contribution is 2.41. The molecular formula is C19H26O. The Balaban J connectivity index is 2.18. The molecule has 1 aromatic carbocycles. The van der Waals surface area contributed by atoms with E-state index in [0.717, 1.165) is 5.56 Å². The summed E-state index contributed by atoms with van der Waals surface area (Å²) in [5.74, 6) is 0. The minimum absolute atomic E-state index is 0.228. The van der Waals surface area contributed by atoms with Crippen LogP contribution in [0.4, 0.5) is 0 Å². The first kappa shape index (κ1) is 15.1. The first-order chi connectivity index (χ1) is 9.40. The lowest BCUT2D eigenvalue weighted by Crippen LogP contribution is -2.19. The van der Waals surface area contributed by atoms with Crippen molar-refractivity contribution in [1.29, 1.82) is 0 Å². The second kappa shape index (κ2) is 5.97. The van der Waals surface area contributed by atoms with Crippen molar-refractivity contribution < 1.29 is 5.11 Å². The smallest absolute Gasteiger partial charge is 0.0974 e. The van der Waals surface area contributed by atoms with Crippen LogP contribution < -0.4 is 0 Å². The molecule has 1 N–H and O–H groups in total. The minimum Gasteiger partial charge on any atom is -0.384 e. The summed E-state index contributed by atoms with van der Waals surface area (Å²) < 4.78 is 0. The van der Waals surface area contributed by atoms with Crippen molar-refractivity contribution in [1.82, 2.24) is 0 Å². The van der Waals surface area contributed by atoms with Gasteiger partial charge in [0, 0.05) is 0 Å². The summed E-state index contributed by atoms with van der Waals surface area (Å²) in [4.78, 5) is 0. The third kappa shape index (κ3) is 3.40. The zero-order valence-corrected chi connectivity index (χ0v) is 13.1. The first-order valence-electron chi connectivity index (χ1n) is 7.53. The Bertz CT molecular complexity index is 517. The molecule has 0 saturated heterocycles. The van der Waals surface area contributed by atoms with Crippen LogP contribution in [0.5, 0.6) is 0 Å². The largest absolute Gasteiger partial charge is 0.384 e. The van der Waals surface area contributed by atoms with Gasteiger partial charge in [0.05, 0.1) is 6.10 Å². The summed E-state index contributed by atoms with van der Waals surface area (Å²) in [7, 11) is 0. The molecule has 1 heteroatoms. The predicted octanol–water partition coefficient (Wildman–Crippen LogP) is 5.11. The van der Waals surface area contributed by atoms with Crippen LogP contribution in [0.2, 0.25) is 0 Å². The molecule has 1 aliphatic carbocycles. The van der Waals surface area contributed by atoms with Crippen molar-refractivity contribution >= 4 is 0 Å². The van der Waals surface area contributed by atoms with Crippen molar-refractivity contribution in [3.05, 3.63) is 58.7 Å². The van der Waals surface area contributed by atoms with Crippen LogP contribution >= 0.6 is 0 Å². The molecule has 2 rings (SSSR count). The van der Waals surface area contributed by atoms with E-state index >= 15 is 0 Å². The Labute approximate surface area is 123 Å². The van der Waals surface area contributed by atoms with Gasteiger partial charge in [-0.3, -0.25) is 0 Å².